The number of anilines is 1. The van der Waals surface area contributed by atoms with Gasteiger partial charge in [0.2, 0.25) is 5.91 Å². The van der Waals surface area contributed by atoms with Crippen molar-refractivity contribution in [3.8, 4) is 0 Å². The predicted octanol–water partition coefficient (Wildman–Crippen LogP) is 2.34. The smallest absolute Gasteiger partial charge is 0.229 e. The van der Waals surface area contributed by atoms with Crippen LogP contribution >= 0.6 is 23.8 Å². The minimum atomic E-state index is -0.145. The standard InChI is InChI=1S/C13H15ClN2O2S/c1-7-4-8(6-18-7)13(17)16-11-5-9(14)2-3-10(11)12(15)19/h2-3,5,7-8H,4,6H2,1H3,(H2,15,19)(H,16,17). The Morgan fingerprint density at radius 3 is 2.89 bits per heavy atom. The average Bonchev–Trinajstić information content (AvgIpc) is 2.75. The lowest BCUT2D eigenvalue weighted by Gasteiger charge is -2.13. The molecule has 2 unspecified atom stereocenters. The lowest BCUT2D eigenvalue weighted by molar-refractivity contribution is -0.119. The number of thiocarbonyl (C=S) groups is 1. The van der Waals surface area contributed by atoms with Gasteiger partial charge in [-0.1, -0.05) is 23.8 Å². The molecule has 1 aliphatic rings. The van der Waals surface area contributed by atoms with Gasteiger partial charge in [0.05, 0.1) is 24.3 Å². The highest BCUT2D eigenvalue weighted by Crippen LogP contribution is 2.24. The lowest BCUT2D eigenvalue weighted by atomic mass is 10.0. The molecule has 3 N–H and O–H groups in total. The van der Waals surface area contributed by atoms with E-state index in [1.165, 1.54) is 0 Å². The molecule has 2 atom stereocenters. The first-order valence-electron chi connectivity index (χ1n) is 5.99. The molecule has 1 aliphatic heterocycles. The van der Waals surface area contributed by atoms with Crippen LogP contribution in [0.1, 0.15) is 18.9 Å². The third-order valence-electron chi connectivity index (χ3n) is 3.07. The van der Waals surface area contributed by atoms with E-state index in [-0.39, 0.29) is 22.9 Å². The van der Waals surface area contributed by atoms with E-state index in [9.17, 15) is 4.79 Å². The molecule has 19 heavy (non-hydrogen) atoms. The molecule has 2 rings (SSSR count). The number of hydrogen-bond donors (Lipinski definition) is 2. The predicted molar refractivity (Wildman–Crippen MR) is 79.5 cm³/mol. The monoisotopic (exact) mass is 298 g/mol. The summed E-state index contributed by atoms with van der Waals surface area (Å²) in [5.74, 6) is -0.239. The van der Waals surface area contributed by atoms with Crippen LogP contribution in [0, 0.1) is 5.92 Å². The number of carbonyl (C=O) groups excluding carboxylic acids is 1. The van der Waals surface area contributed by atoms with Crippen LogP contribution in [0.4, 0.5) is 5.69 Å². The number of nitrogens with one attached hydrogen (secondary N) is 1. The Labute approximate surface area is 122 Å². The zero-order valence-electron chi connectivity index (χ0n) is 10.5. The van der Waals surface area contributed by atoms with Gasteiger partial charge in [0.25, 0.3) is 0 Å². The molecular formula is C13H15ClN2O2S. The summed E-state index contributed by atoms with van der Waals surface area (Å²) >= 11 is 10.9. The molecule has 0 saturated carbocycles. The minimum absolute atomic E-state index is 0.0934. The summed E-state index contributed by atoms with van der Waals surface area (Å²) in [5.41, 5.74) is 6.78. The summed E-state index contributed by atoms with van der Waals surface area (Å²) in [6.45, 7) is 2.39. The van der Waals surface area contributed by atoms with E-state index in [4.69, 9.17) is 34.3 Å². The zero-order chi connectivity index (χ0) is 14.0. The van der Waals surface area contributed by atoms with Crippen LogP contribution in [0.15, 0.2) is 18.2 Å². The Morgan fingerprint density at radius 2 is 2.32 bits per heavy atom. The Hall–Kier alpha value is -1.17. The summed E-state index contributed by atoms with van der Waals surface area (Å²) in [7, 11) is 0. The zero-order valence-corrected chi connectivity index (χ0v) is 12.1. The van der Waals surface area contributed by atoms with Crippen molar-refractivity contribution in [1.82, 2.24) is 0 Å². The molecule has 1 saturated heterocycles. The average molecular weight is 299 g/mol. The second-order valence-corrected chi connectivity index (χ2v) is 5.50. The van der Waals surface area contributed by atoms with Crippen molar-refractivity contribution >= 4 is 40.4 Å². The molecule has 1 heterocycles. The molecule has 0 radical (unpaired) electrons. The van der Waals surface area contributed by atoms with Gasteiger partial charge in [0.1, 0.15) is 4.99 Å². The third kappa shape index (κ3) is 3.43. The van der Waals surface area contributed by atoms with Crippen LogP contribution in [-0.4, -0.2) is 23.6 Å². The lowest BCUT2D eigenvalue weighted by Crippen LogP contribution is -2.25. The first-order valence-corrected chi connectivity index (χ1v) is 6.78. The molecule has 102 valence electrons. The summed E-state index contributed by atoms with van der Waals surface area (Å²) in [6.07, 6.45) is 0.833. The second kappa shape index (κ2) is 5.86. The van der Waals surface area contributed by atoms with Crippen molar-refractivity contribution in [3.05, 3.63) is 28.8 Å². The van der Waals surface area contributed by atoms with Crippen molar-refractivity contribution in [3.63, 3.8) is 0 Å². The fourth-order valence-corrected chi connectivity index (χ4v) is 2.42. The highest BCUT2D eigenvalue weighted by atomic mass is 35.5. The van der Waals surface area contributed by atoms with Crippen LogP contribution in [-0.2, 0) is 9.53 Å². The Kier molecular flexibility index (Phi) is 4.39. The van der Waals surface area contributed by atoms with Gasteiger partial charge in [-0.25, -0.2) is 0 Å². The summed E-state index contributed by atoms with van der Waals surface area (Å²) in [4.78, 5) is 12.4. The molecule has 1 aromatic rings. The van der Waals surface area contributed by atoms with Gasteiger partial charge >= 0.3 is 0 Å². The van der Waals surface area contributed by atoms with Crippen LogP contribution < -0.4 is 11.1 Å². The molecule has 0 bridgehead atoms. The van der Waals surface area contributed by atoms with Gasteiger partial charge in [-0.3, -0.25) is 4.79 Å². The van der Waals surface area contributed by atoms with Gasteiger partial charge in [0.15, 0.2) is 0 Å². The topological polar surface area (TPSA) is 64.4 Å². The first kappa shape index (κ1) is 14.2. The maximum absolute atomic E-state index is 12.1. The normalized spacial score (nSPS) is 22.2. The van der Waals surface area contributed by atoms with E-state index in [1.54, 1.807) is 18.2 Å². The van der Waals surface area contributed by atoms with Gasteiger partial charge < -0.3 is 15.8 Å². The van der Waals surface area contributed by atoms with E-state index in [1.807, 2.05) is 6.92 Å². The number of halogens is 1. The number of carbonyl (C=O) groups is 1. The Morgan fingerprint density at radius 1 is 1.58 bits per heavy atom. The summed E-state index contributed by atoms with van der Waals surface area (Å²) in [5, 5.41) is 3.34. The molecule has 6 heteroatoms. The molecular weight excluding hydrogens is 284 g/mol. The SMILES string of the molecule is CC1CC(C(=O)Nc2cc(Cl)ccc2C(N)=S)CO1. The minimum Gasteiger partial charge on any atom is -0.389 e. The molecule has 0 aliphatic carbocycles. The number of nitrogens with two attached hydrogens (primary N) is 1. The third-order valence-corrected chi connectivity index (χ3v) is 3.53. The first-order chi connectivity index (χ1) is 8.97. The second-order valence-electron chi connectivity index (χ2n) is 4.62. The molecule has 1 fully saturated rings. The van der Waals surface area contributed by atoms with Crippen LogP contribution in [0.25, 0.3) is 0 Å². The number of benzene rings is 1. The number of hydrogen-bond acceptors (Lipinski definition) is 3. The van der Waals surface area contributed by atoms with Crippen molar-refractivity contribution in [2.24, 2.45) is 11.7 Å². The van der Waals surface area contributed by atoms with Crippen molar-refractivity contribution in [1.29, 1.82) is 0 Å². The van der Waals surface area contributed by atoms with E-state index >= 15 is 0 Å². The molecule has 4 nitrogen and oxygen atoms in total. The number of amides is 1. The van der Waals surface area contributed by atoms with E-state index in [0.29, 0.717) is 22.9 Å². The van der Waals surface area contributed by atoms with Crippen LogP contribution in [0.5, 0.6) is 0 Å². The Bertz CT molecular complexity index is 521. The van der Waals surface area contributed by atoms with Gasteiger partial charge in [-0.05, 0) is 31.5 Å². The largest absolute Gasteiger partial charge is 0.389 e. The maximum Gasteiger partial charge on any atom is 0.229 e. The summed E-state index contributed by atoms with van der Waals surface area (Å²) in [6, 6.07) is 5.04. The van der Waals surface area contributed by atoms with E-state index in [2.05, 4.69) is 5.32 Å². The molecule has 0 spiro atoms. The number of ether oxygens (including phenoxy) is 1. The van der Waals surface area contributed by atoms with Crippen LogP contribution in [0.3, 0.4) is 0 Å². The van der Waals surface area contributed by atoms with Gasteiger partial charge in [0, 0.05) is 10.6 Å². The highest BCUT2D eigenvalue weighted by Gasteiger charge is 2.28. The number of rotatable bonds is 3. The summed E-state index contributed by atoms with van der Waals surface area (Å²) < 4.78 is 5.39. The fourth-order valence-electron chi connectivity index (χ4n) is 2.07. The molecule has 1 aromatic carbocycles. The van der Waals surface area contributed by atoms with Crippen molar-refractivity contribution in [2.75, 3.05) is 11.9 Å². The van der Waals surface area contributed by atoms with Crippen LogP contribution in [0.2, 0.25) is 5.02 Å². The maximum atomic E-state index is 12.1. The Balaban J connectivity index is 2.16. The van der Waals surface area contributed by atoms with Crippen molar-refractivity contribution < 1.29 is 9.53 Å². The van der Waals surface area contributed by atoms with E-state index in [0.717, 1.165) is 6.42 Å². The van der Waals surface area contributed by atoms with E-state index < -0.39 is 0 Å². The highest BCUT2D eigenvalue weighted by molar-refractivity contribution is 7.80. The quantitative estimate of drug-likeness (QED) is 0.841. The van der Waals surface area contributed by atoms with Crippen molar-refractivity contribution in [2.45, 2.75) is 19.4 Å². The molecule has 1 amide bonds. The van der Waals surface area contributed by atoms with Gasteiger partial charge in [-0.2, -0.15) is 0 Å². The van der Waals surface area contributed by atoms with Gasteiger partial charge in [-0.15, -0.1) is 0 Å². The fraction of sp³-hybridized carbons (Fsp3) is 0.385. The molecule has 0 aromatic heterocycles.